The summed E-state index contributed by atoms with van der Waals surface area (Å²) in [6.45, 7) is 3.91. The normalized spacial score (nSPS) is 23.6. The van der Waals surface area contributed by atoms with Crippen molar-refractivity contribution in [2.45, 2.75) is 19.9 Å². The van der Waals surface area contributed by atoms with E-state index in [1.54, 1.807) is 13.8 Å². The predicted molar refractivity (Wildman–Crippen MR) is 89.8 cm³/mol. The van der Waals surface area contributed by atoms with Gasteiger partial charge in [-0.05, 0) is 71.6 Å². The molecule has 1 heterocycles. The number of nitrogens with zero attached hydrogens (tertiary/aromatic N) is 1. The van der Waals surface area contributed by atoms with E-state index in [-0.39, 0.29) is 29.1 Å². The number of aliphatic imine (C=N–C) groups is 1. The van der Waals surface area contributed by atoms with E-state index in [4.69, 9.17) is 10.5 Å². The van der Waals surface area contributed by atoms with Crippen molar-refractivity contribution in [3.63, 3.8) is 0 Å². The summed E-state index contributed by atoms with van der Waals surface area (Å²) in [6, 6.07) is -0.389. The predicted octanol–water partition coefficient (Wildman–Crippen LogP) is 1.53. The molecule has 10 radical (unpaired) electrons. The van der Waals surface area contributed by atoms with Crippen molar-refractivity contribution in [2.75, 3.05) is 6.61 Å². The first kappa shape index (κ1) is 21.0. The Morgan fingerprint density at radius 2 is 1.71 bits per heavy atom. The molecule has 0 bridgehead atoms. The van der Waals surface area contributed by atoms with E-state index in [0.29, 0.717) is 23.8 Å². The summed E-state index contributed by atoms with van der Waals surface area (Å²) in [5, 5.41) is 2.87. The molecule has 0 spiro atoms. The van der Waals surface area contributed by atoms with Crippen LogP contribution in [-0.2, 0) is 26.6 Å². The molecule has 1 aliphatic heterocycles. The fraction of sp³-hybridized carbons (Fsp3) is 0.222. The van der Waals surface area contributed by atoms with Crippen molar-refractivity contribution in [2.24, 2.45) is 10.7 Å². The fourth-order valence-corrected chi connectivity index (χ4v) is 2.31. The Morgan fingerprint density at radius 1 is 1.17 bits per heavy atom. The molecule has 2 fully saturated rings. The first-order valence-corrected chi connectivity index (χ1v) is 7.50. The third-order valence-corrected chi connectivity index (χ3v) is 3.32. The first-order valence-electron chi connectivity index (χ1n) is 7.50. The number of hydrogen-bond donors (Lipinski definition) is 2. The maximum Gasteiger partial charge on any atom is 2.00 e. The number of esters is 1. The molecule has 126 valence electrons. The zero-order chi connectivity index (χ0) is 16.7. The van der Waals surface area contributed by atoms with Crippen molar-refractivity contribution in [3.05, 3.63) is 75.0 Å². The minimum Gasteiger partial charge on any atom is -0.463 e. The SMILES string of the molecule is CCOC(=O)C1=C(C)NC(N)=NC1[C]1[CH][CH][CH][CH]1.[CH]1[CH][CH][CH][CH]1.[Fe+2]. The van der Waals surface area contributed by atoms with E-state index < -0.39 is 0 Å². The molecule has 0 saturated heterocycles. The molecule has 2 aliphatic carbocycles. The summed E-state index contributed by atoms with van der Waals surface area (Å²) in [4.78, 5) is 16.3. The van der Waals surface area contributed by atoms with E-state index in [9.17, 15) is 4.79 Å². The Labute approximate surface area is 156 Å². The standard InChI is InChI=1S/C13H16N3O2.C5H5.Fe/c1-3-18-12(17)10-8(2)15-13(14)16-11(10)9-6-4-5-7-9;1-2-4-5-3-1;/h4-7,11H,3H2,1-2H3,(H3,14,15,16);1-5H;/q;;+2. The second-order valence-corrected chi connectivity index (χ2v) is 4.98. The van der Waals surface area contributed by atoms with Crippen LogP contribution in [0.3, 0.4) is 0 Å². The van der Waals surface area contributed by atoms with Crippen LogP contribution in [0.1, 0.15) is 13.8 Å². The van der Waals surface area contributed by atoms with Gasteiger partial charge in [-0.2, -0.15) is 0 Å². The number of ether oxygens (including phenoxy) is 1. The Balaban J connectivity index is 0.000000412. The molecule has 0 amide bonds. The third kappa shape index (κ3) is 5.82. The molecule has 1 unspecified atom stereocenters. The molecule has 0 aromatic carbocycles. The molecule has 0 aromatic heterocycles. The van der Waals surface area contributed by atoms with E-state index in [1.807, 2.05) is 57.8 Å². The molecule has 3 aliphatic rings. The van der Waals surface area contributed by atoms with Crippen molar-refractivity contribution >= 4 is 11.9 Å². The maximum atomic E-state index is 12.0. The molecule has 5 nitrogen and oxygen atoms in total. The molecule has 1 atom stereocenters. The summed E-state index contributed by atoms with van der Waals surface area (Å²) in [6.07, 6.45) is 17.6. The summed E-state index contributed by atoms with van der Waals surface area (Å²) >= 11 is 0. The quantitative estimate of drug-likeness (QED) is 0.586. The molecule has 3 rings (SSSR count). The zero-order valence-electron chi connectivity index (χ0n) is 13.7. The van der Waals surface area contributed by atoms with Gasteiger partial charge in [0.1, 0.15) is 0 Å². The number of nitrogens with two attached hydrogens (primary N) is 1. The second-order valence-electron chi connectivity index (χ2n) is 4.98. The molecule has 2 saturated carbocycles. The van der Waals surface area contributed by atoms with Crippen LogP contribution in [0.15, 0.2) is 16.3 Å². The summed E-state index contributed by atoms with van der Waals surface area (Å²) in [5.41, 5.74) is 6.91. The van der Waals surface area contributed by atoms with Gasteiger partial charge in [-0.25, -0.2) is 9.79 Å². The number of carbonyl (C=O) groups excluding carboxylic acids is 1. The number of guanidine groups is 1. The van der Waals surface area contributed by atoms with Crippen LogP contribution in [0.5, 0.6) is 0 Å². The molecular formula is C18H21FeN3O2+2. The Bertz CT molecular complexity index is 459. The average molecular weight is 367 g/mol. The van der Waals surface area contributed by atoms with Crippen LogP contribution >= 0.6 is 0 Å². The van der Waals surface area contributed by atoms with Gasteiger partial charge in [-0.1, -0.05) is 0 Å². The number of nitrogens with one attached hydrogen (secondary N) is 1. The van der Waals surface area contributed by atoms with E-state index in [0.717, 1.165) is 5.92 Å². The van der Waals surface area contributed by atoms with Crippen molar-refractivity contribution in [3.8, 4) is 0 Å². The molecule has 24 heavy (non-hydrogen) atoms. The van der Waals surface area contributed by atoms with E-state index >= 15 is 0 Å². The van der Waals surface area contributed by atoms with Gasteiger partial charge in [0.05, 0.1) is 18.2 Å². The number of carbonyl (C=O) groups is 1. The first-order chi connectivity index (χ1) is 11.1. The van der Waals surface area contributed by atoms with Crippen LogP contribution < -0.4 is 11.1 Å². The van der Waals surface area contributed by atoms with Crippen molar-refractivity contribution in [1.82, 2.24) is 5.32 Å². The number of allylic oxidation sites excluding steroid dienone is 1. The molecular weight excluding hydrogens is 346 g/mol. The van der Waals surface area contributed by atoms with Crippen LogP contribution in [0.4, 0.5) is 0 Å². The van der Waals surface area contributed by atoms with Gasteiger partial charge in [0.2, 0.25) is 0 Å². The van der Waals surface area contributed by atoms with Gasteiger partial charge in [-0.3, -0.25) is 0 Å². The van der Waals surface area contributed by atoms with Crippen molar-refractivity contribution in [1.29, 1.82) is 0 Å². The molecule has 6 heteroatoms. The van der Waals surface area contributed by atoms with Gasteiger partial charge in [0.25, 0.3) is 0 Å². The van der Waals surface area contributed by atoms with Gasteiger partial charge in [0, 0.05) is 11.6 Å². The topological polar surface area (TPSA) is 76.7 Å². The largest absolute Gasteiger partial charge is 2.00 e. The van der Waals surface area contributed by atoms with Crippen LogP contribution in [0.25, 0.3) is 0 Å². The van der Waals surface area contributed by atoms with Gasteiger partial charge >= 0.3 is 23.0 Å². The van der Waals surface area contributed by atoms with E-state index in [2.05, 4.69) is 10.3 Å². The van der Waals surface area contributed by atoms with Crippen LogP contribution in [-0.4, -0.2) is 24.6 Å². The zero-order valence-corrected chi connectivity index (χ0v) is 14.8. The minimum atomic E-state index is -0.389. The fourth-order valence-electron chi connectivity index (χ4n) is 2.31. The van der Waals surface area contributed by atoms with Crippen LogP contribution in [0.2, 0.25) is 0 Å². The Morgan fingerprint density at radius 3 is 2.21 bits per heavy atom. The molecule has 0 aromatic rings. The summed E-state index contributed by atoms with van der Waals surface area (Å²) < 4.78 is 5.07. The van der Waals surface area contributed by atoms with Crippen molar-refractivity contribution < 1.29 is 26.6 Å². The Kier molecular flexibility index (Phi) is 9.45. The summed E-state index contributed by atoms with van der Waals surface area (Å²) in [7, 11) is 0. The minimum absolute atomic E-state index is 0. The van der Waals surface area contributed by atoms with Gasteiger partial charge < -0.3 is 15.8 Å². The maximum absolute atomic E-state index is 12.0. The number of rotatable bonds is 3. The number of hydrogen-bond acceptors (Lipinski definition) is 5. The average Bonchev–Trinajstić information content (AvgIpc) is 3.23. The van der Waals surface area contributed by atoms with Crippen LogP contribution in [0, 0.1) is 63.7 Å². The second kappa shape index (κ2) is 10.8. The smallest absolute Gasteiger partial charge is 0.463 e. The van der Waals surface area contributed by atoms with Gasteiger partial charge in [-0.15, -0.1) is 0 Å². The summed E-state index contributed by atoms with van der Waals surface area (Å²) in [5.74, 6) is 0.888. The van der Waals surface area contributed by atoms with Gasteiger partial charge in [0.15, 0.2) is 5.96 Å². The molecule has 3 N–H and O–H groups in total. The third-order valence-electron chi connectivity index (χ3n) is 3.32. The Hall–Kier alpha value is -1.00. The van der Waals surface area contributed by atoms with E-state index in [1.165, 1.54) is 0 Å². The monoisotopic (exact) mass is 367 g/mol.